The first-order valence-corrected chi connectivity index (χ1v) is 8.25. The lowest BCUT2D eigenvalue weighted by molar-refractivity contribution is -0.384. The second kappa shape index (κ2) is 8.09. The molecule has 2 N–H and O–H groups in total. The number of amides is 1. The number of carbonyl (C=O) groups excluding carboxylic acids is 1. The SMILES string of the molecule is Cc1ccc(SCC(=O)NNc2ccc(C(F)(F)F)cc2[N+](=O)[O-])cc1. The lowest BCUT2D eigenvalue weighted by atomic mass is 10.1. The number of carbonyl (C=O) groups is 1. The molecule has 0 saturated heterocycles. The number of hydrogen-bond acceptors (Lipinski definition) is 5. The van der Waals surface area contributed by atoms with E-state index in [2.05, 4.69) is 10.9 Å². The topological polar surface area (TPSA) is 84.3 Å². The molecule has 0 bridgehead atoms. The molecule has 2 aromatic carbocycles. The number of rotatable bonds is 6. The monoisotopic (exact) mass is 385 g/mol. The van der Waals surface area contributed by atoms with E-state index in [0.29, 0.717) is 12.1 Å². The molecule has 0 heterocycles. The largest absolute Gasteiger partial charge is 0.416 e. The van der Waals surface area contributed by atoms with Gasteiger partial charge in [0.05, 0.1) is 16.2 Å². The van der Waals surface area contributed by atoms with Crippen LogP contribution < -0.4 is 10.9 Å². The Morgan fingerprint density at radius 2 is 1.85 bits per heavy atom. The van der Waals surface area contributed by atoms with E-state index in [-0.39, 0.29) is 11.4 Å². The number of nitro groups is 1. The maximum absolute atomic E-state index is 12.6. The summed E-state index contributed by atoms with van der Waals surface area (Å²) < 4.78 is 37.9. The van der Waals surface area contributed by atoms with Crippen molar-refractivity contribution in [3.05, 3.63) is 63.7 Å². The Labute approximate surface area is 150 Å². The highest BCUT2D eigenvalue weighted by Crippen LogP contribution is 2.34. The highest BCUT2D eigenvalue weighted by Gasteiger charge is 2.33. The van der Waals surface area contributed by atoms with Crippen molar-refractivity contribution in [3.63, 3.8) is 0 Å². The van der Waals surface area contributed by atoms with Crippen LogP contribution in [-0.2, 0) is 11.0 Å². The predicted octanol–water partition coefficient (Wildman–Crippen LogP) is 4.16. The third kappa shape index (κ3) is 5.38. The number of halogens is 3. The molecule has 0 radical (unpaired) electrons. The van der Waals surface area contributed by atoms with Gasteiger partial charge in [-0.2, -0.15) is 13.2 Å². The van der Waals surface area contributed by atoms with E-state index in [4.69, 9.17) is 0 Å². The summed E-state index contributed by atoms with van der Waals surface area (Å²) in [5.41, 5.74) is 3.45. The van der Waals surface area contributed by atoms with Gasteiger partial charge in [0, 0.05) is 11.0 Å². The van der Waals surface area contributed by atoms with Crippen molar-refractivity contribution >= 4 is 29.0 Å². The summed E-state index contributed by atoms with van der Waals surface area (Å²) in [6.45, 7) is 1.93. The molecule has 138 valence electrons. The number of alkyl halides is 3. The van der Waals surface area contributed by atoms with Crippen LogP contribution in [0.5, 0.6) is 0 Å². The number of nitrogens with zero attached hydrogens (tertiary/aromatic N) is 1. The summed E-state index contributed by atoms with van der Waals surface area (Å²) in [6, 6.07) is 9.49. The van der Waals surface area contributed by atoms with Gasteiger partial charge < -0.3 is 0 Å². The van der Waals surface area contributed by atoms with Gasteiger partial charge in [0.15, 0.2) is 0 Å². The van der Waals surface area contributed by atoms with Crippen molar-refractivity contribution < 1.29 is 22.9 Å². The van der Waals surface area contributed by atoms with E-state index >= 15 is 0 Å². The van der Waals surface area contributed by atoms with Crippen molar-refractivity contribution in [2.24, 2.45) is 0 Å². The summed E-state index contributed by atoms with van der Waals surface area (Å²) in [5, 5.41) is 11.0. The van der Waals surface area contributed by atoms with E-state index in [1.54, 1.807) is 0 Å². The highest BCUT2D eigenvalue weighted by atomic mass is 32.2. The minimum Gasteiger partial charge on any atom is -0.292 e. The fourth-order valence-electron chi connectivity index (χ4n) is 1.92. The molecule has 0 aliphatic rings. The van der Waals surface area contributed by atoms with E-state index in [0.717, 1.165) is 16.5 Å². The standard InChI is InChI=1S/C16H14F3N3O3S/c1-10-2-5-12(6-3-10)26-9-15(23)21-20-13-7-4-11(16(17,18)19)8-14(13)22(24)25/h2-8,20H,9H2,1H3,(H,21,23). The second-order valence-corrected chi connectivity index (χ2v) is 6.31. The average molecular weight is 385 g/mol. The van der Waals surface area contributed by atoms with Crippen molar-refractivity contribution in [3.8, 4) is 0 Å². The Balaban J connectivity index is 1.98. The van der Waals surface area contributed by atoms with Gasteiger partial charge in [0.25, 0.3) is 5.69 Å². The first-order valence-electron chi connectivity index (χ1n) is 7.27. The molecule has 1 amide bonds. The van der Waals surface area contributed by atoms with Gasteiger partial charge in [-0.05, 0) is 31.2 Å². The predicted molar refractivity (Wildman–Crippen MR) is 91.8 cm³/mol. The van der Waals surface area contributed by atoms with Crippen LogP contribution in [0, 0.1) is 17.0 Å². The second-order valence-electron chi connectivity index (χ2n) is 5.26. The number of aryl methyl sites for hydroxylation is 1. The average Bonchev–Trinajstić information content (AvgIpc) is 2.58. The number of anilines is 1. The highest BCUT2D eigenvalue weighted by molar-refractivity contribution is 8.00. The zero-order valence-corrected chi connectivity index (χ0v) is 14.3. The van der Waals surface area contributed by atoms with Gasteiger partial charge in [-0.1, -0.05) is 17.7 Å². The minimum absolute atomic E-state index is 0.0322. The van der Waals surface area contributed by atoms with Gasteiger partial charge in [-0.15, -0.1) is 11.8 Å². The van der Waals surface area contributed by atoms with Crippen LogP contribution in [0.15, 0.2) is 47.4 Å². The third-order valence-corrected chi connectivity index (χ3v) is 4.26. The smallest absolute Gasteiger partial charge is 0.292 e. The molecule has 0 spiro atoms. The number of thioether (sulfide) groups is 1. The van der Waals surface area contributed by atoms with Gasteiger partial charge in [0.1, 0.15) is 5.69 Å². The molecular weight excluding hydrogens is 371 g/mol. The first kappa shape index (κ1) is 19.6. The van der Waals surface area contributed by atoms with Gasteiger partial charge in [-0.25, -0.2) is 0 Å². The molecule has 0 aromatic heterocycles. The summed E-state index contributed by atoms with van der Waals surface area (Å²) >= 11 is 1.25. The van der Waals surface area contributed by atoms with Crippen LogP contribution in [0.1, 0.15) is 11.1 Å². The lowest BCUT2D eigenvalue weighted by Gasteiger charge is -2.11. The fraction of sp³-hybridized carbons (Fsp3) is 0.188. The Bertz CT molecular complexity index is 811. The van der Waals surface area contributed by atoms with Crippen LogP contribution >= 0.6 is 11.8 Å². The normalized spacial score (nSPS) is 11.1. The summed E-state index contributed by atoms with van der Waals surface area (Å²) in [7, 11) is 0. The third-order valence-electron chi connectivity index (χ3n) is 3.25. The number of nitrogens with one attached hydrogen (secondary N) is 2. The number of hydrazine groups is 1. The molecule has 6 nitrogen and oxygen atoms in total. The molecule has 0 unspecified atom stereocenters. The Morgan fingerprint density at radius 3 is 2.42 bits per heavy atom. The molecule has 10 heteroatoms. The van der Waals surface area contributed by atoms with E-state index in [9.17, 15) is 28.1 Å². The van der Waals surface area contributed by atoms with Crippen LogP contribution in [0.25, 0.3) is 0 Å². The minimum atomic E-state index is -4.70. The molecule has 0 aliphatic carbocycles. The van der Waals surface area contributed by atoms with Crippen molar-refractivity contribution in [1.29, 1.82) is 0 Å². The van der Waals surface area contributed by atoms with E-state index in [1.807, 2.05) is 31.2 Å². The van der Waals surface area contributed by atoms with Crippen molar-refractivity contribution in [1.82, 2.24) is 5.43 Å². The van der Waals surface area contributed by atoms with Crippen LogP contribution in [-0.4, -0.2) is 16.6 Å². The molecule has 0 fully saturated rings. The molecular formula is C16H14F3N3O3S. The van der Waals surface area contributed by atoms with Crippen LogP contribution in [0.2, 0.25) is 0 Å². The van der Waals surface area contributed by atoms with Crippen molar-refractivity contribution in [2.45, 2.75) is 18.0 Å². The zero-order chi connectivity index (χ0) is 19.3. The molecule has 0 atom stereocenters. The first-order chi connectivity index (χ1) is 12.2. The molecule has 2 aromatic rings. The summed E-state index contributed by atoms with van der Waals surface area (Å²) in [5.74, 6) is -0.449. The number of benzene rings is 2. The Hall–Kier alpha value is -2.75. The quantitative estimate of drug-likeness (QED) is 0.443. The number of nitro benzene ring substituents is 1. The van der Waals surface area contributed by atoms with Gasteiger partial charge in [0.2, 0.25) is 5.91 Å². The van der Waals surface area contributed by atoms with Crippen LogP contribution in [0.4, 0.5) is 24.5 Å². The maximum atomic E-state index is 12.6. The molecule has 26 heavy (non-hydrogen) atoms. The van der Waals surface area contributed by atoms with Crippen LogP contribution in [0.3, 0.4) is 0 Å². The van der Waals surface area contributed by atoms with Crippen molar-refractivity contribution in [2.75, 3.05) is 11.2 Å². The summed E-state index contributed by atoms with van der Waals surface area (Å²) in [6.07, 6.45) is -4.70. The van der Waals surface area contributed by atoms with Gasteiger partial charge >= 0.3 is 6.18 Å². The molecule has 2 rings (SSSR count). The zero-order valence-electron chi connectivity index (χ0n) is 13.5. The Kier molecular flexibility index (Phi) is 6.09. The molecule has 0 aliphatic heterocycles. The fourth-order valence-corrected chi connectivity index (χ4v) is 2.62. The lowest BCUT2D eigenvalue weighted by Crippen LogP contribution is -2.31. The maximum Gasteiger partial charge on any atom is 0.416 e. The molecule has 0 saturated carbocycles. The van der Waals surface area contributed by atoms with E-state index < -0.39 is 28.3 Å². The number of hydrogen-bond donors (Lipinski definition) is 2. The van der Waals surface area contributed by atoms with Gasteiger partial charge in [-0.3, -0.25) is 25.8 Å². The Morgan fingerprint density at radius 1 is 1.19 bits per heavy atom. The summed E-state index contributed by atoms with van der Waals surface area (Å²) in [4.78, 5) is 22.7. The van der Waals surface area contributed by atoms with E-state index in [1.165, 1.54) is 11.8 Å².